The van der Waals surface area contributed by atoms with Crippen LogP contribution in [0.15, 0.2) is 48.5 Å². The normalized spacial score (nSPS) is 12.1. The second-order valence-corrected chi connectivity index (χ2v) is 5.28. The van der Waals surface area contributed by atoms with Crippen LogP contribution in [0.2, 0.25) is 5.02 Å². The first kappa shape index (κ1) is 15.8. The lowest BCUT2D eigenvalue weighted by molar-refractivity contribution is 0.288. The average Bonchev–Trinajstić information content (AvgIpc) is 2.49. The topological polar surface area (TPSA) is 21.3 Å². The van der Waals surface area contributed by atoms with Gasteiger partial charge in [0, 0.05) is 11.1 Å². The van der Waals surface area contributed by atoms with Crippen LogP contribution in [0, 0.1) is 5.82 Å². The highest BCUT2D eigenvalue weighted by atomic mass is 35.5. The molecule has 2 rings (SSSR count). The van der Waals surface area contributed by atoms with Crippen molar-refractivity contribution in [1.82, 2.24) is 5.32 Å². The molecule has 112 valence electrons. The Bertz CT molecular complexity index is 562. The van der Waals surface area contributed by atoms with Gasteiger partial charge in [0.25, 0.3) is 0 Å². The van der Waals surface area contributed by atoms with Crippen molar-refractivity contribution < 1.29 is 9.13 Å². The number of likely N-dealkylation sites (N-methyl/N-ethyl adjacent to an activating group) is 1. The van der Waals surface area contributed by atoms with Crippen molar-refractivity contribution in [3.63, 3.8) is 0 Å². The number of ether oxygens (including phenoxy) is 1. The van der Waals surface area contributed by atoms with Crippen LogP contribution >= 0.6 is 11.6 Å². The van der Waals surface area contributed by atoms with Crippen molar-refractivity contribution in [2.45, 2.75) is 18.9 Å². The van der Waals surface area contributed by atoms with E-state index in [0.717, 1.165) is 24.2 Å². The van der Waals surface area contributed by atoms with Crippen molar-refractivity contribution in [2.75, 3.05) is 13.7 Å². The molecule has 1 unspecified atom stereocenters. The van der Waals surface area contributed by atoms with E-state index in [9.17, 15) is 4.39 Å². The maximum absolute atomic E-state index is 13.0. The summed E-state index contributed by atoms with van der Waals surface area (Å²) >= 11 is 6.06. The number of hydrogen-bond acceptors (Lipinski definition) is 2. The smallest absolute Gasteiger partial charge is 0.124 e. The lowest BCUT2D eigenvalue weighted by atomic mass is 10.0. The molecule has 0 spiro atoms. The number of para-hydroxylation sites is 1. The summed E-state index contributed by atoms with van der Waals surface area (Å²) in [6.45, 7) is 0.619. The van der Waals surface area contributed by atoms with Crippen LogP contribution in [0.1, 0.15) is 12.0 Å². The molecule has 21 heavy (non-hydrogen) atoms. The van der Waals surface area contributed by atoms with Gasteiger partial charge in [-0.05, 0) is 49.7 Å². The Labute approximate surface area is 129 Å². The lowest BCUT2D eigenvalue weighted by Gasteiger charge is -2.17. The predicted molar refractivity (Wildman–Crippen MR) is 84.5 cm³/mol. The van der Waals surface area contributed by atoms with E-state index in [2.05, 4.69) is 5.32 Å². The van der Waals surface area contributed by atoms with Gasteiger partial charge in [-0.2, -0.15) is 0 Å². The van der Waals surface area contributed by atoms with Crippen LogP contribution in [0.5, 0.6) is 5.75 Å². The third-order valence-corrected chi connectivity index (χ3v) is 3.72. The molecule has 0 heterocycles. The molecule has 0 saturated carbocycles. The zero-order valence-corrected chi connectivity index (χ0v) is 12.7. The third-order valence-electron chi connectivity index (χ3n) is 3.37. The van der Waals surface area contributed by atoms with Gasteiger partial charge in [0.15, 0.2) is 0 Å². The molecule has 0 bridgehead atoms. The van der Waals surface area contributed by atoms with Gasteiger partial charge in [-0.3, -0.25) is 0 Å². The molecule has 4 heteroatoms. The first-order valence-corrected chi connectivity index (χ1v) is 7.36. The minimum absolute atomic E-state index is 0.233. The fraction of sp³-hybridized carbons (Fsp3) is 0.294. The molecule has 0 aliphatic rings. The zero-order chi connectivity index (χ0) is 15.1. The van der Waals surface area contributed by atoms with E-state index >= 15 is 0 Å². The molecule has 0 aromatic heterocycles. The van der Waals surface area contributed by atoms with E-state index in [1.807, 2.05) is 37.4 Å². The van der Waals surface area contributed by atoms with Crippen LogP contribution in [-0.2, 0) is 6.42 Å². The molecule has 0 saturated heterocycles. The Morgan fingerprint density at radius 3 is 2.62 bits per heavy atom. The first-order chi connectivity index (χ1) is 10.2. The number of rotatable bonds is 7. The molecule has 0 aliphatic heterocycles. The van der Waals surface area contributed by atoms with Gasteiger partial charge in [0.05, 0.1) is 6.61 Å². The van der Waals surface area contributed by atoms with Crippen LogP contribution in [0.3, 0.4) is 0 Å². The van der Waals surface area contributed by atoms with Crippen molar-refractivity contribution in [3.8, 4) is 5.75 Å². The second-order valence-electron chi connectivity index (χ2n) is 4.88. The summed E-state index contributed by atoms with van der Waals surface area (Å²) in [7, 11) is 1.91. The highest BCUT2D eigenvalue weighted by Crippen LogP contribution is 2.19. The Morgan fingerprint density at radius 1 is 1.19 bits per heavy atom. The van der Waals surface area contributed by atoms with E-state index in [0.29, 0.717) is 11.6 Å². The van der Waals surface area contributed by atoms with Crippen molar-refractivity contribution >= 4 is 11.6 Å². The zero-order valence-electron chi connectivity index (χ0n) is 12.0. The summed E-state index contributed by atoms with van der Waals surface area (Å²) < 4.78 is 18.7. The summed E-state index contributed by atoms with van der Waals surface area (Å²) in [5.74, 6) is 0.560. The van der Waals surface area contributed by atoms with Crippen LogP contribution in [-0.4, -0.2) is 19.7 Å². The molecule has 0 fully saturated rings. The third kappa shape index (κ3) is 5.03. The first-order valence-electron chi connectivity index (χ1n) is 6.98. The standard InChI is InChI=1S/C17H19ClFNO/c1-20-15(9-10-21-16-5-3-2-4-6-16)11-13-7-8-14(19)12-17(13)18/h2-8,12,15,20H,9-11H2,1H3. The molecule has 0 radical (unpaired) electrons. The van der Waals surface area contributed by atoms with Crippen LogP contribution in [0.25, 0.3) is 0 Å². The highest BCUT2D eigenvalue weighted by molar-refractivity contribution is 6.31. The Balaban J connectivity index is 1.85. The van der Waals surface area contributed by atoms with E-state index in [1.54, 1.807) is 6.07 Å². The van der Waals surface area contributed by atoms with E-state index in [4.69, 9.17) is 16.3 Å². The van der Waals surface area contributed by atoms with Crippen LogP contribution in [0.4, 0.5) is 4.39 Å². The summed E-state index contributed by atoms with van der Waals surface area (Å²) in [5, 5.41) is 3.72. The molecule has 0 amide bonds. The number of nitrogens with one attached hydrogen (secondary N) is 1. The molecule has 2 nitrogen and oxygen atoms in total. The fourth-order valence-electron chi connectivity index (χ4n) is 2.14. The monoisotopic (exact) mass is 307 g/mol. The largest absolute Gasteiger partial charge is 0.494 e. The van der Waals surface area contributed by atoms with Gasteiger partial charge < -0.3 is 10.1 Å². The molecular formula is C17H19ClFNO. The summed E-state index contributed by atoms with van der Waals surface area (Å²) in [4.78, 5) is 0. The minimum atomic E-state index is -0.308. The van der Waals surface area contributed by atoms with Crippen LogP contribution < -0.4 is 10.1 Å². The quantitative estimate of drug-likeness (QED) is 0.832. The van der Waals surface area contributed by atoms with Gasteiger partial charge in [0.1, 0.15) is 11.6 Å². The van der Waals surface area contributed by atoms with Crippen molar-refractivity contribution in [3.05, 3.63) is 64.9 Å². The van der Waals surface area contributed by atoms with Crippen molar-refractivity contribution in [2.24, 2.45) is 0 Å². The van der Waals surface area contributed by atoms with Gasteiger partial charge in [-0.15, -0.1) is 0 Å². The lowest BCUT2D eigenvalue weighted by Crippen LogP contribution is -2.29. The van der Waals surface area contributed by atoms with Gasteiger partial charge >= 0.3 is 0 Å². The molecule has 2 aromatic carbocycles. The number of halogens is 2. The summed E-state index contributed by atoms with van der Waals surface area (Å²) in [6, 6.07) is 14.5. The van der Waals surface area contributed by atoms with E-state index in [1.165, 1.54) is 12.1 Å². The Kier molecular flexibility index (Phi) is 6.03. The summed E-state index contributed by atoms with van der Waals surface area (Å²) in [5.41, 5.74) is 0.942. The Hall–Kier alpha value is -1.58. The van der Waals surface area contributed by atoms with Gasteiger partial charge in [0.2, 0.25) is 0 Å². The van der Waals surface area contributed by atoms with E-state index < -0.39 is 0 Å². The van der Waals surface area contributed by atoms with Gasteiger partial charge in [-0.1, -0.05) is 35.9 Å². The van der Waals surface area contributed by atoms with Crippen molar-refractivity contribution in [1.29, 1.82) is 0 Å². The Morgan fingerprint density at radius 2 is 1.95 bits per heavy atom. The fourth-order valence-corrected chi connectivity index (χ4v) is 2.38. The van der Waals surface area contributed by atoms with E-state index in [-0.39, 0.29) is 11.9 Å². The average molecular weight is 308 g/mol. The molecule has 1 atom stereocenters. The SMILES string of the molecule is CNC(CCOc1ccccc1)Cc1ccc(F)cc1Cl. The predicted octanol–water partition coefficient (Wildman–Crippen LogP) is 4.08. The molecule has 2 aromatic rings. The maximum Gasteiger partial charge on any atom is 0.124 e. The maximum atomic E-state index is 13.0. The number of benzene rings is 2. The minimum Gasteiger partial charge on any atom is -0.494 e. The number of hydrogen-bond donors (Lipinski definition) is 1. The highest BCUT2D eigenvalue weighted by Gasteiger charge is 2.10. The van der Waals surface area contributed by atoms with Gasteiger partial charge in [-0.25, -0.2) is 4.39 Å². The second kappa shape index (κ2) is 8.01. The molecular weight excluding hydrogens is 289 g/mol. The summed E-state index contributed by atoms with van der Waals surface area (Å²) in [6.07, 6.45) is 1.59. The molecule has 1 N–H and O–H groups in total. The molecule has 0 aliphatic carbocycles.